The zero-order valence-corrected chi connectivity index (χ0v) is 11.5. The molecule has 5 nitrogen and oxygen atoms in total. The van der Waals surface area contributed by atoms with Crippen LogP contribution in [0.3, 0.4) is 0 Å². The summed E-state index contributed by atoms with van der Waals surface area (Å²) in [5.41, 5.74) is 6.70. The maximum Gasteiger partial charge on any atom is 0.240 e. The van der Waals surface area contributed by atoms with Crippen LogP contribution in [0.5, 0.6) is 0 Å². The average Bonchev–Trinajstić information content (AvgIpc) is 2.28. The molecule has 0 radical (unpaired) electrons. The van der Waals surface area contributed by atoms with Gasteiger partial charge in [-0.1, -0.05) is 6.07 Å². The van der Waals surface area contributed by atoms with E-state index in [1.165, 1.54) is 6.07 Å². The summed E-state index contributed by atoms with van der Waals surface area (Å²) in [6, 6.07) is 4.82. The Hall–Kier alpha value is -1.11. The monoisotopic (exact) mass is 272 g/mol. The zero-order chi connectivity index (χ0) is 13.8. The van der Waals surface area contributed by atoms with Gasteiger partial charge < -0.3 is 10.8 Å². The summed E-state index contributed by atoms with van der Waals surface area (Å²) in [7, 11) is -3.52. The first-order valence-electron chi connectivity index (χ1n) is 5.87. The summed E-state index contributed by atoms with van der Waals surface area (Å²) in [6.45, 7) is 3.66. The molecule has 1 aromatic rings. The summed E-state index contributed by atoms with van der Waals surface area (Å²) in [5, 5.41) is 9.09. The quantitative estimate of drug-likeness (QED) is 0.532. The molecular weight excluding hydrogens is 252 g/mol. The molecule has 1 atom stereocenters. The van der Waals surface area contributed by atoms with Crippen molar-refractivity contribution in [2.24, 2.45) is 0 Å². The minimum absolute atomic E-state index is 0.208. The SMILES string of the molecule is Cc1c(N)cccc1S(=O)(=O)NCCCC(C)O. The Kier molecular flexibility index (Phi) is 5.13. The molecule has 0 spiro atoms. The largest absolute Gasteiger partial charge is 0.398 e. The van der Waals surface area contributed by atoms with Crippen LogP contribution < -0.4 is 10.5 Å². The zero-order valence-electron chi connectivity index (χ0n) is 10.7. The van der Waals surface area contributed by atoms with Gasteiger partial charge in [-0.15, -0.1) is 0 Å². The summed E-state index contributed by atoms with van der Waals surface area (Å²) >= 11 is 0. The number of hydrogen-bond acceptors (Lipinski definition) is 4. The standard InChI is InChI=1S/C12H20N2O3S/c1-9(15)5-4-8-14-18(16,17)12-7-3-6-11(13)10(12)2/h3,6-7,9,14-15H,4-5,8,13H2,1-2H3. The number of aliphatic hydroxyl groups is 1. The Labute approximate surface area is 108 Å². The molecule has 1 aromatic carbocycles. The van der Waals surface area contributed by atoms with E-state index in [9.17, 15) is 8.42 Å². The molecular formula is C12H20N2O3S. The van der Waals surface area contributed by atoms with Crippen molar-refractivity contribution in [3.05, 3.63) is 23.8 Å². The third kappa shape index (κ3) is 3.97. The maximum atomic E-state index is 12.0. The van der Waals surface area contributed by atoms with Crippen molar-refractivity contribution in [1.82, 2.24) is 4.72 Å². The lowest BCUT2D eigenvalue weighted by Gasteiger charge is -2.11. The molecule has 0 saturated heterocycles. The fraction of sp³-hybridized carbons (Fsp3) is 0.500. The van der Waals surface area contributed by atoms with E-state index in [4.69, 9.17) is 10.8 Å². The molecule has 1 unspecified atom stereocenters. The van der Waals surface area contributed by atoms with Crippen molar-refractivity contribution in [1.29, 1.82) is 0 Å². The second-order valence-corrected chi connectivity index (χ2v) is 6.09. The van der Waals surface area contributed by atoms with E-state index in [1.54, 1.807) is 26.0 Å². The molecule has 102 valence electrons. The number of nitrogens with one attached hydrogen (secondary N) is 1. The second kappa shape index (κ2) is 6.17. The minimum atomic E-state index is -3.52. The summed E-state index contributed by atoms with van der Waals surface area (Å²) in [5.74, 6) is 0. The molecule has 18 heavy (non-hydrogen) atoms. The highest BCUT2D eigenvalue weighted by atomic mass is 32.2. The smallest absolute Gasteiger partial charge is 0.240 e. The molecule has 0 bridgehead atoms. The van der Waals surface area contributed by atoms with Gasteiger partial charge in [-0.3, -0.25) is 0 Å². The van der Waals surface area contributed by atoms with Crippen LogP contribution in [0.1, 0.15) is 25.3 Å². The molecule has 0 aliphatic heterocycles. The first kappa shape index (κ1) is 14.9. The Bertz CT molecular complexity index is 498. The predicted molar refractivity (Wildman–Crippen MR) is 71.7 cm³/mol. The van der Waals surface area contributed by atoms with Gasteiger partial charge in [-0.2, -0.15) is 0 Å². The highest BCUT2D eigenvalue weighted by Gasteiger charge is 2.16. The van der Waals surface area contributed by atoms with Crippen molar-refractivity contribution in [2.75, 3.05) is 12.3 Å². The van der Waals surface area contributed by atoms with E-state index >= 15 is 0 Å². The van der Waals surface area contributed by atoms with Crippen LogP contribution in [0, 0.1) is 6.92 Å². The highest BCUT2D eigenvalue weighted by Crippen LogP contribution is 2.20. The molecule has 0 saturated carbocycles. The Morgan fingerprint density at radius 2 is 2.11 bits per heavy atom. The van der Waals surface area contributed by atoms with Crippen LogP contribution in [-0.4, -0.2) is 26.2 Å². The lowest BCUT2D eigenvalue weighted by atomic mass is 10.2. The van der Waals surface area contributed by atoms with E-state index in [-0.39, 0.29) is 4.90 Å². The fourth-order valence-electron chi connectivity index (χ4n) is 1.60. The van der Waals surface area contributed by atoms with E-state index in [0.717, 1.165) is 0 Å². The third-order valence-electron chi connectivity index (χ3n) is 2.71. The van der Waals surface area contributed by atoms with Gasteiger partial charge in [0.15, 0.2) is 0 Å². The number of hydrogen-bond donors (Lipinski definition) is 3. The molecule has 0 aliphatic carbocycles. The van der Waals surface area contributed by atoms with Crippen molar-refractivity contribution >= 4 is 15.7 Å². The van der Waals surface area contributed by atoms with E-state index < -0.39 is 16.1 Å². The van der Waals surface area contributed by atoms with Crippen molar-refractivity contribution in [3.63, 3.8) is 0 Å². The molecule has 0 fully saturated rings. The van der Waals surface area contributed by atoms with Gasteiger partial charge in [0, 0.05) is 12.2 Å². The lowest BCUT2D eigenvalue weighted by molar-refractivity contribution is 0.182. The van der Waals surface area contributed by atoms with Crippen LogP contribution in [-0.2, 0) is 10.0 Å². The second-order valence-electron chi connectivity index (χ2n) is 4.36. The number of anilines is 1. The van der Waals surface area contributed by atoms with Crippen LogP contribution >= 0.6 is 0 Å². The third-order valence-corrected chi connectivity index (χ3v) is 4.31. The summed E-state index contributed by atoms with van der Waals surface area (Å²) in [6.07, 6.45) is 0.750. The molecule has 1 rings (SSSR count). The normalized spacial score (nSPS) is 13.5. The Morgan fingerprint density at radius 3 is 2.72 bits per heavy atom. The van der Waals surface area contributed by atoms with E-state index in [1.807, 2.05) is 0 Å². The van der Waals surface area contributed by atoms with Crippen molar-refractivity contribution in [2.45, 2.75) is 37.7 Å². The van der Waals surface area contributed by atoms with Gasteiger partial charge in [-0.05, 0) is 44.4 Å². The topological polar surface area (TPSA) is 92.4 Å². The maximum absolute atomic E-state index is 12.0. The predicted octanol–water partition coefficient (Wildman–Crippen LogP) is 1.02. The summed E-state index contributed by atoms with van der Waals surface area (Å²) in [4.78, 5) is 0.208. The first-order valence-corrected chi connectivity index (χ1v) is 7.35. The molecule has 0 aromatic heterocycles. The van der Waals surface area contributed by atoms with Gasteiger partial charge in [0.05, 0.1) is 11.0 Å². The number of nitrogen functional groups attached to an aromatic ring is 1. The molecule has 0 aliphatic rings. The molecule has 4 N–H and O–H groups in total. The first-order chi connectivity index (χ1) is 8.34. The van der Waals surface area contributed by atoms with Gasteiger partial charge in [-0.25, -0.2) is 13.1 Å². The number of aliphatic hydroxyl groups excluding tert-OH is 1. The van der Waals surface area contributed by atoms with Gasteiger partial charge in [0.2, 0.25) is 10.0 Å². The van der Waals surface area contributed by atoms with Crippen LogP contribution in [0.2, 0.25) is 0 Å². The van der Waals surface area contributed by atoms with Crippen molar-refractivity contribution < 1.29 is 13.5 Å². The number of nitrogens with two attached hydrogens (primary N) is 1. The van der Waals surface area contributed by atoms with Gasteiger partial charge in [0.25, 0.3) is 0 Å². The van der Waals surface area contributed by atoms with Crippen LogP contribution in [0.25, 0.3) is 0 Å². The Morgan fingerprint density at radius 1 is 1.44 bits per heavy atom. The van der Waals surface area contributed by atoms with E-state index in [2.05, 4.69) is 4.72 Å². The van der Waals surface area contributed by atoms with Crippen molar-refractivity contribution in [3.8, 4) is 0 Å². The minimum Gasteiger partial charge on any atom is -0.398 e. The Balaban J connectivity index is 2.72. The van der Waals surface area contributed by atoms with Crippen LogP contribution in [0.4, 0.5) is 5.69 Å². The van der Waals surface area contributed by atoms with Gasteiger partial charge in [0.1, 0.15) is 0 Å². The number of rotatable bonds is 6. The van der Waals surface area contributed by atoms with Gasteiger partial charge >= 0.3 is 0 Å². The number of sulfonamides is 1. The van der Waals surface area contributed by atoms with Crippen LogP contribution in [0.15, 0.2) is 23.1 Å². The number of benzene rings is 1. The van der Waals surface area contributed by atoms with E-state index in [0.29, 0.717) is 30.6 Å². The molecule has 0 heterocycles. The highest BCUT2D eigenvalue weighted by molar-refractivity contribution is 7.89. The average molecular weight is 272 g/mol. The fourth-order valence-corrected chi connectivity index (χ4v) is 2.95. The lowest BCUT2D eigenvalue weighted by Crippen LogP contribution is -2.26. The molecule has 0 amide bonds. The summed E-state index contributed by atoms with van der Waals surface area (Å²) < 4.78 is 26.5. The molecule has 6 heteroatoms.